The average molecular weight is 638 g/mol. The van der Waals surface area contributed by atoms with Crippen LogP contribution in [-0.4, -0.2) is 0 Å². The summed E-state index contributed by atoms with van der Waals surface area (Å²) in [4.78, 5) is 2.32. The van der Waals surface area contributed by atoms with Gasteiger partial charge in [-0.25, -0.2) is 0 Å². The van der Waals surface area contributed by atoms with Crippen LogP contribution < -0.4 is 4.90 Å². The molecule has 0 amide bonds. The molecule has 0 atom stereocenters. The van der Waals surface area contributed by atoms with Gasteiger partial charge in [0.15, 0.2) is 0 Å². The number of hydrogen-bond donors (Lipinski definition) is 0. The Kier molecular flexibility index (Phi) is 6.53. The van der Waals surface area contributed by atoms with E-state index < -0.39 is 0 Å². The summed E-state index contributed by atoms with van der Waals surface area (Å²) in [7, 11) is 0. The summed E-state index contributed by atoms with van der Waals surface area (Å²) < 4.78 is 6.22. The minimum absolute atomic E-state index is 0.926. The quantitative estimate of drug-likeness (QED) is 0.175. The molecule has 0 radical (unpaired) electrons. The van der Waals surface area contributed by atoms with E-state index in [4.69, 9.17) is 4.42 Å². The molecule has 0 spiro atoms. The number of hydrogen-bond acceptors (Lipinski definition) is 2. The minimum Gasteiger partial charge on any atom is -0.456 e. The molecule has 10 aromatic rings. The van der Waals surface area contributed by atoms with Crippen molar-refractivity contribution in [1.82, 2.24) is 0 Å². The highest BCUT2D eigenvalue weighted by molar-refractivity contribution is 6.23. The van der Waals surface area contributed by atoms with Crippen molar-refractivity contribution >= 4 is 71.3 Å². The summed E-state index contributed by atoms with van der Waals surface area (Å²) in [6, 6.07) is 67.5. The Morgan fingerprint density at radius 3 is 1.56 bits per heavy atom. The lowest BCUT2D eigenvalue weighted by molar-refractivity contribution is 0.669. The molecular formula is C48H31NO. The number of furan rings is 1. The summed E-state index contributed by atoms with van der Waals surface area (Å²) in [5.74, 6) is 0. The van der Waals surface area contributed by atoms with Gasteiger partial charge in [-0.2, -0.15) is 0 Å². The normalized spacial score (nSPS) is 11.6. The van der Waals surface area contributed by atoms with Crippen LogP contribution in [0.4, 0.5) is 17.1 Å². The number of anilines is 3. The van der Waals surface area contributed by atoms with Crippen molar-refractivity contribution in [2.45, 2.75) is 0 Å². The van der Waals surface area contributed by atoms with Crippen molar-refractivity contribution in [2.75, 3.05) is 4.90 Å². The molecule has 2 heteroatoms. The lowest BCUT2D eigenvalue weighted by Crippen LogP contribution is -2.09. The minimum atomic E-state index is 0.926. The molecule has 0 bridgehead atoms. The first-order chi connectivity index (χ1) is 24.8. The first-order valence-corrected chi connectivity index (χ1v) is 17.1. The number of fused-ring (bicyclic) bond motifs is 8. The van der Waals surface area contributed by atoms with Gasteiger partial charge in [0.25, 0.3) is 0 Å². The van der Waals surface area contributed by atoms with Crippen molar-refractivity contribution in [1.29, 1.82) is 0 Å². The van der Waals surface area contributed by atoms with Gasteiger partial charge in [0.2, 0.25) is 0 Å². The Balaban J connectivity index is 1.04. The first-order valence-electron chi connectivity index (χ1n) is 17.1. The number of para-hydroxylation sites is 2. The second kappa shape index (κ2) is 11.5. The molecule has 50 heavy (non-hydrogen) atoms. The molecule has 1 heterocycles. The van der Waals surface area contributed by atoms with Crippen molar-refractivity contribution in [3.63, 3.8) is 0 Å². The third-order valence-corrected chi connectivity index (χ3v) is 10.0. The monoisotopic (exact) mass is 637 g/mol. The maximum atomic E-state index is 6.22. The lowest BCUT2D eigenvalue weighted by Gasteiger charge is -2.26. The molecular weight excluding hydrogens is 607 g/mol. The molecule has 1 aromatic heterocycles. The van der Waals surface area contributed by atoms with Crippen LogP contribution in [0, 0.1) is 0 Å². The van der Waals surface area contributed by atoms with E-state index in [9.17, 15) is 0 Å². The van der Waals surface area contributed by atoms with Gasteiger partial charge >= 0.3 is 0 Å². The molecule has 9 aromatic carbocycles. The molecule has 0 fully saturated rings. The molecule has 0 N–H and O–H groups in total. The fourth-order valence-electron chi connectivity index (χ4n) is 7.55. The summed E-state index contributed by atoms with van der Waals surface area (Å²) in [6.07, 6.45) is 0. The predicted molar refractivity (Wildman–Crippen MR) is 212 cm³/mol. The highest BCUT2D eigenvalue weighted by Gasteiger charge is 2.15. The predicted octanol–water partition coefficient (Wildman–Crippen LogP) is 13.8. The molecule has 0 aliphatic rings. The highest BCUT2D eigenvalue weighted by Crippen LogP contribution is 2.40. The molecule has 234 valence electrons. The molecule has 0 unspecified atom stereocenters. The van der Waals surface area contributed by atoms with Crippen LogP contribution in [-0.2, 0) is 0 Å². The van der Waals surface area contributed by atoms with Gasteiger partial charge in [-0.05, 0) is 115 Å². The van der Waals surface area contributed by atoms with Crippen LogP contribution in [0.25, 0.3) is 76.5 Å². The maximum Gasteiger partial charge on any atom is 0.136 e. The highest BCUT2D eigenvalue weighted by atomic mass is 16.3. The van der Waals surface area contributed by atoms with Gasteiger partial charge in [0, 0.05) is 27.8 Å². The second-order valence-corrected chi connectivity index (χ2v) is 13.0. The third kappa shape index (κ3) is 4.73. The van der Waals surface area contributed by atoms with Gasteiger partial charge < -0.3 is 9.32 Å². The molecule has 0 saturated heterocycles. The molecule has 0 aliphatic heterocycles. The number of nitrogens with zero attached hydrogens (tertiary/aromatic N) is 1. The van der Waals surface area contributed by atoms with E-state index in [0.717, 1.165) is 39.0 Å². The largest absolute Gasteiger partial charge is 0.456 e. The SMILES string of the molecule is c1ccc(-c2ccc(N(c3ccccc3)c3ccc(-c4ccc5c(ccc6ccc7cc8oc9ccccc9c8cc7c65)c4)cc3)cc2)cc1. The van der Waals surface area contributed by atoms with Crippen molar-refractivity contribution in [3.05, 3.63) is 188 Å². The standard InChI is InChI=1S/C48H31NO/c1-3-9-32(10-4-1)33-19-24-40(25-20-33)49(39-11-5-2-6-12-39)41-26-21-34(22-27-41)36-23-28-42-37(29-36)17-15-35-16-18-38-30-47-45(31-44(38)48(35)42)43-13-7-8-14-46(43)50-47/h1-31H. The summed E-state index contributed by atoms with van der Waals surface area (Å²) >= 11 is 0. The van der Waals surface area contributed by atoms with Gasteiger partial charge in [0.05, 0.1) is 0 Å². The Bertz CT molecular complexity index is 2830. The third-order valence-electron chi connectivity index (χ3n) is 10.0. The Labute approximate surface area is 290 Å². The van der Waals surface area contributed by atoms with E-state index >= 15 is 0 Å². The number of benzene rings is 9. The van der Waals surface area contributed by atoms with E-state index in [1.54, 1.807) is 0 Å². The summed E-state index contributed by atoms with van der Waals surface area (Å²) in [5.41, 5.74) is 10.0. The van der Waals surface area contributed by atoms with Gasteiger partial charge in [-0.15, -0.1) is 0 Å². The number of rotatable bonds is 5. The maximum absolute atomic E-state index is 6.22. The zero-order valence-electron chi connectivity index (χ0n) is 27.3. The van der Waals surface area contributed by atoms with Gasteiger partial charge in [-0.1, -0.05) is 127 Å². The van der Waals surface area contributed by atoms with Crippen molar-refractivity contribution in [2.24, 2.45) is 0 Å². The van der Waals surface area contributed by atoms with E-state index in [1.165, 1.54) is 54.6 Å². The fraction of sp³-hybridized carbons (Fsp3) is 0. The Morgan fingerprint density at radius 2 is 0.840 bits per heavy atom. The van der Waals surface area contributed by atoms with Crippen molar-refractivity contribution in [3.8, 4) is 22.3 Å². The Morgan fingerprint density at radius 1 is 0.300 bits per heavy atom. The van der Waals surface area contributed by atoms with E-state index in [1.807, 2.05) is 12.1 Å². The summed E-state index contributed by atoms with van der Waals surface area (Å²) in [5, 5.41) is 9.77. The lowest BCUT2D eigenvalue weighted by atomic mass is 9.93. The van der Waals surface area contributed by atoms with Crippen LogP contribution in [0.3, 0.4) is 0 Å². The average Bonchev–Trinajstić information content (AvgIpc) is 3.55. The van der Waals surface area contributed by atoms with Crippen LogP contribution in [0.1, 0.15) is 0 Å². The smallest absolute Gasteiger partial charge is 0.136 e. The van der Waals surface area contributed by atoms with Crippen LogP contribution in [0.5, 0.6) is 0 Å². The topological polar surface area (TPSA) is 16.4 Å². The zero-order valence-corrected chi connectivity index (χ0v) is 27.3. The molecule has 0 saturated carbocycles. The van der Waals surface area contributed by atoms with E-state index in [-0.39, 0.29) is 0 Å². The molecule has 0 aliphatic carbocycles. The van der Waals surface area contributed by atoms with Crippen LogP contribution in [0.2, 0.25) is 0 Å². The van der Waals surface area contributed by atoms with Crippen molar-refractivity contribution < 1.29 is 4.42 Å². The molecule has 2 nitrogen and oxygen atoms in total. The summed E-state index contributed by atoms with van der Waals surface area (Å²) in [6.45, 7) is 0. The van der Waals surface area contributed by atoms with E-state index in [0.29, 0.717) is 0 Å². The zero-order chi connectivity index (χ0) is 33.0. The van der Waals surface area contributed by atoms with E-state index in [2.05, 4.69) is 181 Å². The van der Waals surface area contributed by atoms with Gasteiger partial charge in [0.1, 0.15) is 11.2 Å². The van der Waals surface area contributed by atoms with Crippen LogP contribution >= 0.6 is 0 Å². The van der Waals surface area contributed by atoms with Gasteiger partial charge in [-0.3, -0.25) is 0 Å². The second-order valence-electron chi connectivity index (χ2n) is 13.0. The van der Waals surface area contributed by atoms with Crippen LogP contribution in [0.15, 0.2) is 192 Å². The Hall–Kier alpha value is -6.64. The molecule has 10 rings (SSSR count). The fourth-order valence-corrected chi connectivity index (χ4v) is 7.55. The first kappa shape index (κ1) is 28.4.